The highest BCUT2D eigenvalue weighted by molar-refractivity contribution is 5.56. The summed E-state index contributed by atoms with van der Waals surface area (Å²) in [6, 6.07) is 3.77. The van der Waals surface area contributed by atoms with E-state index in [-0.39, 0.29) is 0 Å². The fourth-order valence-corrected chi connectivity index (χ4v) is 1.26. The highest BCUT2D eigenvalue weighted by atomic mass is 16.3. The monoisotopic (exact) mass is 222 g/mol. The van der Waals surface area contributed by atoms with Crippen molar-refractivity contribution in [2.75, 3.05) is 0 Å². The molecule has 0 saturated carbocycles. The van der Waals surface area contributed by atoms with E-state index in [4.69, 9.17) is 0 Å². The smallest absolute Gasteiger partial charge is 0.118 e. The molecular formula is C15H26O. The second kappa shape index (κ2) is 10.3. The molecule has 1 N–H and O–H groups in total. The molecule has 0 amide bonds. The van der Waals surface area contributed by atoms with Gasteiger partial charge in [0.15, 0.2) is 0 Å². The Bertz CT molecular complexity index is 301. The minimum absolute atomic E-state index is 0.373. The molecule has 92 valence electrons. The summed E-state index contributed by atoms with van der Waals surface area (Å²) in [6.07, 6.45) is 2.75. The van der Waals surface area contributed by atoms with Crippen molar-refractivity contribution < 1.29 is 5.11 Å². The molecule has 1 aromatic rings. The van der Waals surface area contributed by atoms with Crippen LogP contribution >= 0.6 is 0 Å². The molecule has 0 unspecified atom stereocenters. The third-order valence-electron chi connectivity index (χ3n) is 2.06. The Kier molecular flexibility index (Phi) is 11.0. The zero-order valence-corrected chi connectivity index (χ0v) is 11.6. The van der Waals surface area contributed by atoms with Crippen molar-refractivity contribution in [1.29, 1.82) is 0 Å². The first-order valence-corrected chi connectivity index (χ1v) is 6.14. The standard InChI is InChI=1S/C11H14O.2C2H6/c1-4-9-6-8(3)11(12)7-10(9)5-2;2*1-2/h4,6-7,12H,1,5H2,2-3H3;2*1-2H3. The van der Waals surface area contributed by atoms with Gasteiger partial charge in [0.05, 0.1) is 0 Å². The Morgan fingerprint density at radius 2 is 1.69 bits per heavy atom. The molecule has 0 aliphatic heterocycles. The van der Waals surface area contributed by atoms with Crippen molar-refractivity contribution in [1.82, 2.24) is 0 Å². The Hall–Kier alpha value is -1.24. The van der Waals surface area contributed by atoms with Crippen molar-refractivity contribution in [3.63, 3.8) is 0 Å². The molecule has 16 heavy (non-hydrogen) atoms. The second-order valence-electron chi connectivity index (χ2n) is 2.90. The summed E-state index contributed by atoms with van der Waals surface area (Å²) in [6.45, 7) is 15.7. The number of benzene rings is 1. The van der Waals surface area contributed by atoms with Gasteiger partial charge in [-0.05, 0) is 42.2 Å². The van der Waals surface area contributed by atoms with Gasteiger partial charge in [0.25, 0.3) is 0 Å². The number of hydrogen-bond acceptors (Lipinski definition) is 1. The lowest BCUT2D eigenvalue weighted by Gasteiger charge is -2.06. The first-order valence-electron chi connectivity index (χ1n) is 6.14. The van der Waals surface area contributed by atoms with E-state index in [0.29, 0.717) is 5.75 Å². The van der Waals surface area contributed by atoms with Crippen LogP contribution in [0.15, 0.2) is 18.7 Å². The van der Waals surface area contributed by atoms with E-state index in [2.05, 4.69) is 13.5 Å². The maximum Gasteiger partial charge on any atom is 0.118 e. The van der Waals surface area contributed by atoms with E-state index < -0.39 is 0 Å². The lowest BCUT2D eigenvalue weighted by atomic mass is 10.0. The average molecular weight is 222 g/mol. The Balaban J connectivity index is 0. The summed E-state index contributed by atoms with van der Waals surface area (Å²) in [5.74, 6) is 0.373. The molecule has 0 aromatic heterocycles. The Labute approximate surface area is 101 Å². The molecule has 1 aromatic carbocycles. The van der Waals surface area contributed by atoms with Crippen molar-refractivity contribution >= 4 is 6.08 Å². The molecule has 1 heteroatoms. The average Bonchev–Trinajstić information content (AvgIpc) is 2.37. The van der Waals surface area contributed by atoms with Crippen molar-refractivity contribution in [3.05, 3.63) is 35.4 Å². The summed E-state index contributed by atoms with van der Waals surface area (Å²) >= 11 is 0. The highest BCUT2D eigenvalue weighted by Crippen LogP contribution is 2.22. The molecule has 0 aliphatic rings. The van der Waals surface area contributed by atoms with Crippen LogP contribution in [0.4, 0.5) is 0 Å². The summed E-state index contributed by atoms with van der Waals surface area (Å²) in [4.78, 5) is 0. The maximum atomic E-state index is 9.42. The van der Waals surface area contributed by atoms with Crippen molar-refractivity contribution in [3.8, 4) is 5.75 Å². The summed E-state index contributed by atoms with van der Waals surface area (Å²) < 4.78 is 0. The quantitative estimate of drug-likeness (QED) is 0.750. The van der Waals surface area contributed by atoms with Crippen LogP contribution in [-0.2, 0) is 6.42 Å². The van der Waals surface area contributed by atoms with E-state index in [1.165, 1.54) is 0 Å². The number of phenols is 1. The predicted octanol–water partition coefficient (Wildman–Crippen LogP) is 4.96. The van der Waals surface area contributed by atoms with Gasteiger partial charge in [-0.2, -0.15) is 0 Å². The number of aromatic hydroxyl groups is 1. The van der Waals surface area contributed by atoms with Crippen molar-refractivity contribution in [2.45, 2.75) is 48.0 Å². The molecule has 0 bridgehead atoms. The zero-order chi connectivity index (χ0) is 13.1. The van der Waals surface area contributed by atoms with Gasteiger partial charge < -0.3 is 5.11 Å². The number of phenolic OH excluding ortho intramolecular Hbond substituents is 1. The summed E-state index contributed by atoms with van der Waals surface area (Å²) in [7, 11) is 0. The second-order valence-corrected chi connectivity index (χ2v) is 2.90. The normalized spacial score (nSPS) is 8.12. The van der Waals surface area contributed by atoms with Crippen LogP contribution in [0, 0.1) is 6.92 Å². The lowest BCUT2D eigenvalue weighted by molar-refractivity contribution is 0.470. The van der Waals surface area contributed by atoms with Gasteiger partial charge in [-0.1, -0.05) is 47.3 Å². The van der Waals surface area contributed by atoms with Gasteiger partial charge in [0.1, 0.15) is 5.75 Å². The van der Waals surface area contributed by atoms with E-state index in [0.717, 1.165) is 23.1 Å². The highest BCUT2D eigenvalue weighted by Gasteiger charge is 2.01. The molecule has 1 rings (SSSR count). The molecule has 0 heterocycles. The van der Waals surface area contributed by atoms with Crippen LogP contribution in [-0.4, -0.2) is 5.11 Å². The molecule has 1 nitrogen and oxygen atoms in total. The van der Waals surface area contributed by atoms with Gasteiger partial charge in [-0.3, -0.25) is 0 Å². The summed E-state index contributed by atoms with van der Waals surface area (Å²) in [5, 5.41) is 9.42. The topological polar surface area (TPSA) is 20.2 Å². The molecule has 0 radical (unpaired) electrons. The Morgan fingerprint density at radius 1 is 1.19 bits per heavy atom. The van der Waals surface area contributed by atoms with Gasteiger partial charge >= 0.3 is 0 Å². The van der Waals surface area contributed by atoms with Gasteiger partial charge in [0, 0.05) is 0 Å². The third-order valence-corrected chi connectivity index (χ3v) is 2.06. The molecular weight excluding hydrogens is 196 g/mol. The van der Waals surface area contributed by atoms with E-state index in [1.54, 1.807) is 0 Å². The SMILES string of the molecule is C=Cc1cc(C)c(O)cc1CC.CC.CC. The van der Waals surface area contributed by atoms with E-state index in [1.807, 2.05) is 52.8 Å². The molecule has 0 atom stereocenters. The molecule has 0 aliphatic carbocycles. The van der Waals surface area contributed by atoms with Crippen LogP contribution in [0.5, 0.6) is 5.75 Å². The van der Waals surface area contributed by atoms with Gasteiger partial charge in [-0.25, -0.2) is 0 Å². The minimum Gasteiger partial charge on any atom is -0.508 e. The molecule has 0 fully saturated rings. The maximum absolute atomic E-state index is 9.42. The van der Waals surface area contributed by atoms with Gasteiger partial charge in [-0.15, -0.1) is 0 Å². The minimum atomic E-state index is 0.373. The van der Waals surface area contributed by atoms with Crippen LogP contribution in [0.2, 0.25) is 0 Å². The van der Waals surface area contributed by atoms with Gasteiger partial charge in [0.2, 0.25) is 0 Å². The lowest BCUT2D eigenvalue weighted by Crippen LogP contribution is -1.87. The first-order chi connectivity index (χ1) is 7.69. The van der Waals surface area contributed by atoms with E-state index in [9.17, 15) is 5.11 Å². The van der Waals surface area contributed by atoms with Crippen LogP contribution in [0.1, 0.15) is 51.3 Å². The predicted molar refractivity (Wildman–Crippen MR) is 75.0 cm³/mol. The Morgan fingerprint density at radius 3 is 2.06 bits per heavy atom. The third kappa shape index (κ3) is 5.01. The summed E-state index contributed by atoms with van der Waals surface area (Å²) in [5.41, 5.74) is 3.17. The molecule has 0 spiro atoms. The number of hydrogen-bond donors (Lipinski definition) is 1. The van der Waals surface area contributed by atoms with Crippen LogP contribution in [0.25, 0.3) is 6.08 Å². The fraction of sp³-hybridized carbons (Fsp3) is 0.467. The zero-order valence-electron chi connectivity index (χ0n) is 11.6. The number of rotatable bonds is 2. The van der Waals surface area contributed by atoms with Crippen LogP contribution < -0.4 is 0 Å². The first kappa shape index (κ1) is 17.2. The van der Waals surface area contributed by atoms with E-state index >= 15 is 0 Å². The number of aryl methyl sites for hydroxylation is 2. The fourth-order valence-electron chi connectivity index (χ4n) is 1.26. The largest absolute Gasteiger partial charge is 0.508 e. The van der Waals surface area contributed by atoms with Crippen molar-refractivity contribution in [2.24, 2.45) is 0 Å². The van der Waals surface area contributed by atoms with Crippen LogP contribution in [0.3, 0.4) is 0 Å². The molecule has 0 saturated heterocycles.